The van der Waals surface area contributed by atoms with E-state index in [2.05, 4.69) is 27.7 Å². The van der Waals surface area contributed by atoms with Crippen molar-refractivity contribution < 1.29 is 0 Å². The average Bonchev–Trinajstić information content (AvgIpc) is 2.84. The summed E-state index contributed by atoms with van der Waals surface area (Å²) in [5, 5.41) is 0. The number of fused-ring (bicyclic) bond motifs is 5. The zero-order valence-corrected chi connectivity index (χ0v) is 16.2. The summed E-state index contributed by atoms with van der Waals surface area (Å²) in [5.74, 6) is 6.35. The zero-order chi connectivity index (χ0) is 16.2. The van der Waals surface area contributed by atoms with Gasteiger partial charge < -0.3 is 0 Å². The van der Waals surface area contributed by atoms with Crippen molar-refractivity contribution in [2.75, 3.05) is 0 Å². The molecule has 4 aliphatic rings. The van der Waals surface area contributed by atoms with Crippen LogP contribution >= 0.6 is 0 Å². The summed E-state index contributed by atoms with van der Waals surface area (Å²) in [6, 6.07) is 0. The topological polar surface area (TPSA) is 0 Å². The maximum absolute atomic E-state index is 2.73. The van der Waals surface area contributed by atoms with Crippen LogP contribution in [0.15, 0.2) is 0 Å². The lowest BCUT2D eigenvalue weighted by atomic mass is 9.44. The Bertz CT molecular complexity index is 439. The largest absolute Gasteiger partial charge is 0.0654 e. The minimum Gasteiger partial charge on any atom is -0.0654 e. The van der Waals surface area contributed by atoms with Gasteiger partial charge in [-0.2, -0.15) is 0 Å². The van der Waals surface area contributed by atoms with E-state index in [1.54, 1.807) is 51.4 Å². The number of hydrogen-bond acceptors (Lipinski definition) is 0. The molecule has 0 aromatic rings. The van der Waals surface area contributed by atoms with Crippen molar-refractivity contribution in [1.29, 1.82) is 0 Å². The summed E-state index contributed by atoms with van der Waals surface area (Å²) in [6.07, 6.45) is 16.9. The Morgan fingerprint density at radius 1 is 0.826 bits per heavy atom. The molecule has 4 saturated carbocycles. The molecule has 0 heteroatoms. The van der Waals surface area contributed by atoms with Gasteiger partial charge in [0.2, 0.25) is 0 Å². The van der Waals surface area contributed by atoms with Gasteiger partial charge in [0.1, 0.15) is 0 Å². The second-order valence-electron chi connectivity index (χ2n) is 10.6. The zero-order valence-electron chi connectivity index (χ0n) is 16.2. The van der Waals surface area contributed by atoms with Gasteiger partial charge in [0.05, 0.1) is 0 Å². The van der Waals surface area contributed by atoms with Crippen LogP contribution < -0.4 is 0 Å². The predicted octanol–water partition coefficient (Wildman–Crippen LogP) is 7.08. The van der Waals surface area contributed by atoms with Crippen LogP contribution in [-0.4, -0.2) is 0 Å². The van der Waals surface area contributed by atoms with Gasteiger partial charge in [-0.05, 0) is 104 Å². The van der Waals surface area contributed by atoms with Gasteiger partial charge in [-0.15, -0.1) is 0 Å². The molecular formula is C23H40. The van der Waals surface area contributed by atoms with E-state index in [0.29, 0.717) is 10.8 Å². The molecule has 8 unspecified atom stereocenters. The van der Waals surface area contributed by atoms with Gasteiger partial charge in [-0.3, -0.25) is 0 Å². The minimum atomic E-state index is 0.698. The fraction of sp³-hybridized carbons (Fsp3) is 1.00. The van der Waals surface area contributed by atoms with Crippen LogP contribution in [0.1, 0.15) is 98.3 Å². The van der Waals surface area contributed by atoms with Crippen molar-refractivity contribution in [2.24, 2.45) is 46.3 Å². The average molecular weight is 317 g/mol. The predicted molar refractivity (Wildman–Crippen MR) is 99.3 cm³/mol. The Hall–Kier alpha value is 0. The van der Waals surface area contributed by atoms with Crippen LogP contribution in [0.3, 0.4) is 0 Å². The first kappa shape index (κ1) is 16.5. The molecule has 0 aromatic heterocycles. The monoisotopic (exact) mass is 316 g/mol. The summed E-state index contributed by atoms with van der Waals surface area (Å²) in [6.45, 7) is 10.3. The summed E-state index contributed by atoms with van der Waals surface area (Å²) in [4.78, 5) is 0. The first-order valence-electron chi connectivity index (χ1n) is 11.0. The van der Waals surface area contributed by atoms with Crippen molar-refractivity contribution in [3.05, 3.63) is 0 Å². The van der Waals surface area contributed by atoms with Crippen LogP contribution in [0.4, 0.5) is 0 Å². The highest BCUT2D eigenvalue weighted by Crippen LogP contribution is 2.67. The van der Waals surface area contributed by atoms with Crippen molar-refractivity contribution in [1.82, 2.24) is 0 Å². The van der Waals surface area contributed by atoms with Gasteiger partial charge in [-0.1, -0.05) is 40.5 Å². The Kier molecular flexibility index (Phi) is 4.13. The number of hydrogen-bond donors (Lipinski definition) is 0. The Labute approximate surface area is 145 Å². The third-order valence-corrected chi connectivity index (χ3v) is 9.95. The Morgan fingerprint density at radius 2 is 1.57 bits per heavy atom. The van der Waals surface area contributed by atoms with Crippen molar-refractivity contribution in [2.45, 2.75) is 98.3 Å². The van der Waals surface area contributed by atoms with Crippen LogP contribution in [0.25, 0.3) is 0 Å². The molecule has 0 saturated heterocycles. The fourth-order valence-electron chi connectivity index (χ4n) is 8.28. The van der Waals surface area contributed by atoms with Crippen LogP contribution in [-0.2, 0) is 0 Å². The van der Waals surface area contributed by atoms with Gasteiger partial charge in [0, 0.05) is 0 Å². The Morgan fingerprint density at radius 3 is 2.35 bits per heavy atom. The minimum absolute atomic E-state index is 0.698. The second kappa shape index (κ2) is 5.77. The molecule has 4 rings (SSSR count). The molecule has 0 bridgehead atoms. The van der Waals surface area contributed by atoms with E-state index in [1.165, 1.54) is 19.3 Å². The SMILES string of the molecule is CCCC1CCC2(C)C(CCC3C4CCC(C)C4(C)CCC32)C1. The molecule has 8 atom stereocenters. The molecule has 0 nitrogen and oxygen atoms in total. The molecule has 4 fully saturated rings. The molecule has 0 heterocycles. The smallest absolute Gasteiger partial charge is 0.0266 e. The van der Waals surface area contributed by atoms with Crippen LogP contribution in [0, 0.1) is 46.3 Å². The molecular weight excluding hydrogens is 276 g/mol. The molecule has 23 heavy (non-hydrogen) atoms. The van der Waals surface area contributed by atoms with E-state index in [-0.39, 0.29) is 0 Å². The third kappa shape index (κ3) is 2.36. The summed E-state index contributed by atoms with van der Waals surface area (Å²) >= 11 is 0. The van der Waals surface area contributed by atoms with E-state index >= 15 is 0 Å². The van der Waals surface area contributed by atoms with Crippen molar-refractivity contribution in [3.63, 3.8) is 0 Å². The molecule has 132 valence electrons. The lowest BCUT2D eigenvalue weighted by Gasteiger charge is -2.61. The van der Waals surface area contributed by atoms with E-state index < -0.39 is 0 Å². The van der Waals surface area contributed by atoms with E-state index in [1.807, 2.05) is 0 Å². The van der Waals surface area contributed by atoms with E-state index in [0.717, 1.165) is 35.5 Å². The standard InChI is InChI=1S/C23H40/c1-5-6-17-11-13-23(4)18(15-17)8-9-19-20-10-7-16(2)22(20,3)14-12-21(19)23/h16-21H,5-15H2,1-4H3. The normalized spacial score (nSPS) is 55.8. The first-order valence-corrected chi connectivity index (χ1v) is 11.0. The maximum Gasteiger partial charge on any atom is -0.0266 e. The Balaban J connectivity index is 1.55. The number of rotatable bonds is 2. The molecule has 4 aliphatic carbocycles. The first-order chi connectivity index (χ1) is 11.0. The molecule has 0 spiro atoms. The van der Waals surface area contributed by atoms with E-state index in [9.17, 15) is 0 Å². The van der Waals surface area contributed by atoms with Crippen LogP contribution in [0.2, 0.25) is 0 Å². The summed E-state index contributed by atoms with van der Waals surface area (Å²) < 4.78 is 0. The molecule has 0 radical (unpaired) electrons. The lowest BCUT2D eigenvalue weighted by Crippen LogP contribution is -2.53. The van der Waals surface area contributed by atoms with Gasteiger partial charge in [0.25, 0.3) is 0 Å². The van der Waals surface area contributed by atoms with Crippen molar-refractivity contribution in [3.8, 4) is 0 Å². The van der Waals surface area contributed by atoms with Crippen LogP contribution in [0.5, 0.6) is 0 Å². The quantitative estimate of drug-likeness (QED) is 0.510. The third-order valence-electron chi connectivity index (χ3n) is 9.95. The fourth-order valence-corrected chi connectivity index (χ4v) is 8.28. The van der Waals surface area contributed by atoms with Crippen molar-refractivity contribution >= 4 is 0 Å². The summed E-state index contributed by atoms with van der Waals surface area (Å²) in [7, 11) is 0. The molecule has 0 amide bonds. The highest BCUT2D eigenvalue weighted by molar-refractivity contribution is 5.08. The van der Waals surface area contributed by atoms with Gasteiger partial charge >= 0.3 is 0 Å². The lowest BCUT2D eigenvalue weighted by molar-refractivity contribution is -0.117. The highest BCUT2D eigenvalue weighted by Gasteiger charge is 2.59. The van der Waals surface area contributed by atoms with Gasteiger partial charge in [-0.25, -0.2) is 0 Å². The maximum atomic E-state index is 2.73. The highest BCUT2D eigenvalue weighted by atomic mass is 14.6. The second-order valence-corrected chi connectivity index (χ2v) is 10.6. The molecule has 0 N–H and O–H groups in total. The molecule has 0 aromatic carbocycles. The van der Waals surface area contributed by atoms with E-state index in [4.69, 9.17) is 0 Å². The van der Waals surface area contributed by atoms with Gasteiger partial charge in [0.15, 0.2) is 0 Å². The molecule has 0 aliphatic heterocycles. The summed E-state index contributed by atoms with van der Waals surface area (Å²) in [5.41, 5.74) is 1.41.